The van der Waals surface area contributed by atoms with Crippen molar-refractivity contribution in [2.45, 2.75) is 57.7 Å². The molecule has 1 N–H and O–H groups in total. The smallest absolute Gasteiger partial charge is 0.239 e. The molecule has 1 saturated heterocycles. The van der Waals surface area contributed by atoms with E-state index in [-0.39, 0.29) is 6.04 Å². The summed E-state index contributed by atoms with van der Waals surface area (Å²) < 4.78 is 0. The highest BCUT2D eigenvalue weighted by molar-refractivity contribution is 5.81. The van der Waals surface area contributed by atoms with Crippen molar-refractivity contribution in [3.63, 3.8) is 0 Å². The van der Waals surface area contributed by atoms with Gasteiger partial charge in [0.15, 0.2) is 0 Å². The van der Waals surface area contributed by atoms with Gasteiger partial charge in [-0.25, -0.2) is 0 Å². The normalized spacial score (nSPS) is 23.3. The zero-order chi connectivity index (χ0) is 17.2. The van der Waals surface area contributed by atoms with Crippen LogP contribution in [0.15, 0.2) is 24.3 Å². The topological polar surface area (TPSA) is 35.6 Å². The lowest BCUT2D eigenvalue weighted by Crippen LogP contribution is -2.52. The molecule has 1 aromatic carbocycles. The minimum atomic E-state index is -0.00988. The van der Waals surface area contributed by atoms with E-state index in [4.69, 9.17) is 0 Å². The van der Waals surface area contributed by atoms with Gasteiger partial charge in [-0.15, -0.1) is 0 Å². The Kier molecular flexibility index (Phi) is 5.09. The van der Waals surface area contributed by atoms with Crippen LogP contribution < -0.4 is 5.32 Å². The molecule has 3 aliphatic rings. The summed E-state index contributed by atoms with van der Waals surface area (Å²) in [5, 5.41) is 3.70. The second kappa shape index (κ2) is 7.46. The molecule has 1 atom stereocenters. The lowest BCUT2D eigenvalue weighted by Gasteiger charge is -2.38. The van der Waals surface area contributed by atoms with Gasteiger partial charge in [0.25, 0.3) is 0 Å². The van der Waals surface area contributed by atoms with E-state index in [2.05, 4.69) is 46.3 Å². The Balaban J connectivity index is 1.28. The van der Waals surface area contributed by atoms with Gasteiger partial charge in [0, 0.05) is 32.2 Å². The lowest BCUT2D eigenvalue weighted by molar-refractivity contribution is -0.138. The third-order valence-electron chi connectivity index (χ3n) is 6.26. The number of benzene rings is 1. The molecule has 1 aromatic rings. The number of likely N-dealkylation sites (tertiary alicyclic amines) is 1. The predicted molar refractivity (Wildman–Crippen MR) is 100 cm³/mol. The van der Waals surface area contributed by atoms with Crippen LogP contribution in [0.3, 0.4) is 0 Å². The lowest BCUT2D eigenvalue weighted by atomic mass is 9.98. The summed E-state index contributed by atoms with van der Waals surface area (Å²) in [5.41, 5.74) is 2.83. The Morgan fingerprint density at radius 3 is 2.56 bits per heavy atom. The van der Waals surface area contributed by atoms with Gasteiger partial charge in [0.1, 0.15) is 0 Å². The summed E-state index contributed by atoms with van der Waals surface area (Å²) in [5.74, 6) is 1.25. The molecule has 2 fully saturated rings. The van der Waals surface area contributed by atoms with Crippen molar-refractivity contribution in [2.75, 3.05) is 26.2 Å². The first-order chi connectivity index (χ1) is 12.2. The fourth-order valence-electron chi connectivity index (χ4n) is 4.23. The summed E-state index contributed by atoms with van der Waals surface area (Å²) in [6.07, 6.45) is 6.07. The molecule has 4 nitrogen and oxygen atoms in total. The number of rotatable bonds is 5. The van der Waals surface area contributed by atoms with E-state index in [9.17, 15) is 4.79 Å². The largest absolute Gasteiger partial charge is 0.341 e. The number of hydrogen-bond acceptors (Lipinski definition) is 3. The van der Waals surface area contributed by atoms with Crippen molar-refractivity contribution in [2.24, 2.45) is 5.92 Å². The van der Waals surface area contributed by atoms with Crippen molar-refractivity contribution >= 4 is 5.91 Å². The van der Waals surface area contributed by atoms with E-state index in [1.165, 1.54) is 30.5 Å². The van der Waals surface area contributed by atoms with Gasteiger partial charge >= 0.3 is 0 Å². The number of nitrogens with zero attached hydrogens (tertiary/aromatic N) is 2. The molecule has 1 amide bonds. The van der Waals surface area contributed by atoms with Gasteiger partial charge < -0.3 is 10.2 Å². The Morgan fingerprint density at radius 1 is 1.12 bits per heavy atom. The van der Waals surface area contributed by atoms with Crippen LogP contribution >= 0.6 is 0 Å². The number of hydrogen-bond donors (Lipinski definition) is 1. The van der Waals surface area contributed by atoms with Gasteiger partial charge in [0.2, 0.25) is 5.91 Å². The number of piperidine rings is 1. The molecule has 0 radical (unpaired) electrons. The third kappa shape index (κ3) is 4.06. The highest BCUT2D eigenvalue weighted by Gasteiger charge is 2.31. The standard InChI is InChI=1S/C21H31N3O/c1-16(24-11-8-18-4-2-3-5-19(18)15-24)21(25)23-12-9-20(10-13-23)22-14-17-6-7-17/h2-5,16-17,20,22H,6-15H2,1H3. The van der Waals surface area contributed by atoms with E-state index in [1.54, 1.807) is 0 Å². The monoisotopic (exact) mass is 341 g/mol. The molecule has 136 valence electrons. The zero-order valence-electron chi connectivity index (χ0n) is 15.4. The molecular formula is C21H31N3O. The van der Waals surface area contributed by atoms with E-state index in [0.717, 1.165) is 51.4 Å². The van der Waals surface area contributed by atoms with Gasteiger partial charge in [-0.05, 0) is 62.6 Å². The maximum atomic E-state index is 13.0. The van der Waals surface area contributed by atoms with Crippen LogP contribution in [0.5, 0.6) is 0 Å². The average molecular weight is 341 g/mol. The Morgan fingerprint density at radius 2 is 1.84 bits per heavy atom. The molecule has 1 aliphatic carbocycles. The minimum absolute atomic E-state index is 0.00988. The molecule has 4 heteroatoms. The van der Waals surface area contributed by atoms with Gasteiger partial charge in [-0.3, -0.25) is 9.69 Å². The quantitative estimate of drug-likeness (QED) is 0.893. The van der Waals surface area contributed by atoms with Crippen LogP contribution in [0.1, 0.15) is 43.7 Å². The average Bonchev–Trinajstić information content (AvgIpc) is 3.50. The van der Waals surface area contributed by atoms with E-state index >= 15 is 0 Å². The second-order valence-electron chi connectivity index (χ2n) is 8.12. The van der Waals surface area contributed by atoms with Crippen LogP contribution in [0.25, 0.3) is 0 Å². The second-order valence-corrected chi connectivity index (χ2v) is 8.12. The van der Waals surface area contributed by atoms with Gasteiger partial charge in [0.05, 0.1) is 6.04 Å². The highest BCUT2D eigenvalue weighted by atomic mass is 16.2. The highest BCUT2D eigenvalue weighted by Crippen LogP contribution is 2.28. The van der Waals surface area contributed by atoms with Crippen molar-refractivity contribution < 1.29 is 4.79 Å². The third-order valence-corrected chi connectivity index (χ3v) is 6.26. The summed E-state index contributed by atoms with van der Waals surface area (Å²) in [6, 6.07) is 9.25. The van der Waals surface area contributed by atoms with Crippen molar-refractivity contribution in [3.8, 4) is 0 Å². The molecule has 0 aromatic heterocycles. The van der Waals surface area contributed by atoms with Crippen LogP contribution in [0.2, 0.25) is 0 Å². The van der Waals surface area contributed by atoms with Crippen LogP contribution in [-0.2, 0) is 17.8 Å². The fraction of sp³-hybridized carbons (Fsp3) is 0.667. The minimum Gasteiger partial charge on any atom is -0.341 e. The maximum absolute atomic E-state index is 13.0. The summed E-state index contributed by atoms with van der Waals surface area (Å²) >= 11 is 0. The van der Waals surface area contributed by atoms with Crippen LogP contribution in [0.4, 0.5) is 0 Å². The number of amides is 1. The Bertz CT molecular complexity index is 605. The van der Waals surface area contributed by atoms with Crippen LogP contribution in [0, 0.1) is 5.92 Å². The molecule has 25 heavy (non-hydrogen) atoms. The molecule has 2 aliphatic heterocycles. The summed E-state index contributed by atoms with van der Waals surface area (Å²) in [4.78, 5) is 17.4. The van der Waals surface area contributed by atoms with Crippen molar-refractivity contribution in [3.05, 3.63) is 35.4 Å². The van der Waals surface area contributed by atoms with E-state index in [0.29, 0.717) is 11.9 Å². The summed E-state index contributed by atoms with van der Waals surface area (Å²) in [7, 11) is 0. The first kappa shape index (κ1) is 17.0. The molecule has 1 saturated carbocycles. The first-order valence-electron chi connectivity index (χ1n) is 10.0. The molecule has 4 rings (SSSR count). The molecule has 0 spiro atoms. The predicted octanol–water partition coefficient (Wildman–Crippen LogP) is 2.42. The maximum Gasteiger partial charge on any atom is 0.239 e. The number of carbonyl (C=O) groups is 1. The fourth-order valence-corrected chi connectivity index (χ4v) is 4.23. The number of fused-ring (bicyclic) bond motifs is 1. The zero-order valence-corrected chi connectivity index (χ0v) is 15.4. The van der Waals surface area contributed by atoms with Crippen molar-refractivity contribution in [1.82, 2.24) is 15.1 Å². The molecule has 2 heterocycles. The SMILES string of the molecule is CC(C(=O)N1CCC(NCC2CC2)CC1)N1CCc2ccccc2C1. The van der Waals surface area contributed by atoms with Crippen LogP contribution in [-0.4, -0.2) is 54.0 Å². The molecular weight excluding hydrogens is 310 g/mol. The Labute approximate surface area is 151 Å². The van der Waals surface area contributed by atoms with Gasteiger partial charge in [-0.2, -0.15) is 0 Å². The van der Waals surface area contributed by atoms with E-state index in [1.807, 2.05) is 0 Å². The van der Waals surface area contributed by atoms with Gasteiger partial charge in [-0.1, -0.05) is 24.3 Å². The first-order valence-corrected chi connectivity index (χ1v) is 10.0. The molecule has 1 unspecified atom stereocenters. The Hall–Kier alpha value is -1.39. The number of nitrogens with one attached hydrogen (secondary N) is 1. The molecule has 0 bridgehead atoms. The number of carbonyl (C=O) groups excluding carboxylic acids is 1. The van der Waals surface area contributed by atoms with E-state index < -0.39 is 0 Å². The van der Waals surface area contributed by atoms with Crippen molar-refractivity contribution in [1.29, 1.82) is 0 Å². The summed E-state index contributed by atoms with van der Waals surface area (Å²) in [6.45, 7) is 6.99.